The van der Waals surface area contributed by atoms with Crippen LogP contribution in [0.15, 0.2) is 30.3 Å². The molecule has 0 atom stereocenters. The number of benzene rings is 1. The lowest BCUT2D eigenvalue weighted by molar-refractivity contribution is 0.831. The Balaban J connectivity index is 2.52. The molecule has 0 aliphatic heterocycles. The second kappa shape index (κ2) is 4.00. The summed E-state index contributed by atoms with van der Waals surface area (Å²) in [5.74, 6) is 0.987. The van der Waals surface area contributed by atoms with Crippen molar-refractivity contribution >= 4 is 5.82 Å². The van der Waals surface area contributed by atoms with E-state index in [0.29, 0.717) is 0 Å². The zero-order chi connectivity index (χ0) is 11.7. The zero-order valence-electron chi connectivity index (χ0n) is 10.2. The molecule has 0 amide bonds. The summed E-state index contributed by atoms with van der Waals surface area (Å²) in [7, 11) is 4.01. The van der Waals surface area contributed by atoms with Crippen molar-refractivity contribution in [3.05, 3.63) is 41.6 Å². The highest BCUT2D eigenvalue weighted by molar-refractivity contribution is 5.45. The monoisotopic (exact) mass is 215 g/mol. The van der Waals surface area contributed by atoms with Crippen LogP contribution in [0.2, 0.25) is 0 Å². The smallest absolute Gasteiger partial charge is 0.150 e. The molecule has 0 saturated carbocycles. The molecule has 1 aromatic heterocycles. The molecular formula is C13H17N3. The predicted octanol–water partition coefficient (Wildman–Crippen LogP) is 2.56. The quantitative estimate of drug-likeness (QED) is 0.767. The molecule has 1 heterocycles. The average Bonchev–Trinajstić information content (AvgIpc) is 2.61. The lowest BCUT2D eigenvalue weighted by atomic mass is 10.2. The number of anilines is 1. The number of para-hydroxylation sites is 1. The van der Waals surface area contributed by atoms with E-state index in [4.69, 9.17) is 0 Å². The number of nitrogens with zero attached hydrogens (tertiary/aromatic N) is 3. The third-order valence-corrected chi connectivity index (χ3v) is 2.68. The topological polar surface area (TPSA) is 21.1 Å². The summed E-state index contributed by atoms with van der Waals surface area (Å²) in [6.45, 7) is 4.18. The van der Waals surface area contributed by atoms with E-state index in [1.807, 2.05) is 35.8 Å². The van der Waals surface area contributed by atoms with Gasteiger partial charge in [0.2, 0.25) is 0 Å². The summed E-state index contributed by atoms with van der Waals surface area (Å²) in [6.07, 6.45) is 0. The van der Waals surface area contributed by atoms with Gasteiger partial charge in [0.1, 0.15) is 0 Å². The molecule has 0 radical (unpaired) electrons. The van der Waals surface area contributed by atoms with Crippen molar-refractivity contribution in [1.29, 1.82) is 0 Å². The van der Waals surface area contributed by atoms with Crippen molar-refractivity contribution in [3.63, 3.8) is 0 Å². The van der Waals surface area contributed by atoms with Crippen molar-refractivity contribution in [2.75, 3.05) is 19.0 Å². The molecule has 0 fully saturated rings. The van der Waals surface area contributed by atoms with Gasteiger partial charge in [0, 0.05) is 25.9 Å². The van der Waals surface area contributed by atoms with Gasteiger partial charge in [-0.2, -0.15) is 5.10 Å². The molecule has 0 saturated heterocycles. The third-order valence-electron chi connectivity index (χ3n) is 2.68. The summed E-state index contributed by atoms with van der Waals surface area (Å²) in [5.41, 5.74) is 3.53. The minimum absolute atomic E-state index is 0.987. The van der Waals surface area contributed by atoms with Gasteiger partial charge in [0.15, 0.2) is 5.82 Å². The van der Waals surface area contributed by atoms with Crippen molar-refractivity contribution in [2.45, 2.75) is 13.8 Å². The molecule has 3 nitrogen and oxygen atoms in total. The van der Waals surface area contributed by atoms with Crippen molar-refractivity contribution in [2.24, 2.45) is 0 Å². The van der Waals surface area contributed by atoms with Crippen LogP contribution >= 0.6 is 0 Å². The van der Waals surface area contributed by atoms with E-state index < -0.39 is 0 Å². The Morgan fingerprint density at radius 2 is 1.81 bits per heavy atom. The lowest BCUT2D eigenvalue weighted by Gasteiger charge is -2.09. The van der Waals surface area contributed by atoms with Gasteiger partial charge in [0.25, 0.3) is 0 Å². The molecule has 0 N–H and O–H groups in total. The normalized spacial score (nSPS) is 10.5. The Labute approximate surface area is 96.3 Å². The van der Waals surface area contributed by atoms with Crippen LogP contribution in [0.5, 0.6) is 0 Å². The van der Waals surface area contributed by atoms with Crippen molar-refractivity contribution in [1.82, 2.24) is 9.78 Å². The first-order valence-electron chi connectivity index (χ1n) is 5.39. The molecule has 0 spiro atoms. The fraction of sp³-hybridized carbons (Fsp3) is 0.308. The Bertz CT molecular complexity index is 498. The summed E-state index contributed by atoms with van der Waals surface area (Å²) in [4.78, 5) is 2.02. The van der Waals surface area contributed by atoms with Gasteiger partial charge in [-0.1, -0.05) is 18.2 Å². The first-order chi connectivity index (χ1) is 7.59. The number of rotatable bonds is 2. The van der Waals surface area contributed by atoms with E-state index in [0.717, 1.165) is 17.2 Å². The number of aryl methyl sites for hydroxylation is 2. The molecule has 0 unspecified atom stereocenters. The van der Waals surface area contributed by atoms with Crippen LogP contribution in [0.25, 0.3) is 5.69 Å². The van der Waals surface area contributed by atoms with Crippen molar-refractivity contribution in [3.8, 4) is 5.69 Å². The summed E-state index contributed by atoms with van der Waals surface area (Å²) in [6, 6.07) is 10.4. The van der Waals surface area contributed by atoms with Crippen molar-refractivity contribution < 1.29 is 0 Å². The van der Waals surface area contributed by atoms with E-state index in [9.17, 15) is 0 Å². The van der Waals surface area contributed by atoms with Crippen LogP contribution in [0, 0.1) is 13.8 Å². The van der Waals surface area contributed by atoms with Gasteiger partial charge in [-0.25, -0.2) is 4.68 Å². The highest BCUT2D eigenvalue weighted by Crippen LogP contribution is 2.18. The van der Waals surface area contributed by atoms with Gasteiger partial charge in [-0.15, -0.1) is 0 Å². The molecule has 3 heteroatoms. The highest BCUT2D eigenvalue weighted by Gasteiger charge is 2.08. The molecule has 0 aliphatic carbocycles. The SMILES string of the molecule is Cc1ccccc1-n1nc(N(C)C)cc1C. The molecular weight excluding hydrogens is 198 g/mol. The maximum absolute atomic E-state index is 4.58. The van der Waals surface area contributed by atoms with Crippen LogP contribution in [-0.4, -0.2) is 23.9 Å². The standard InChI is InChI=1S/C13H17N3/c1-10-7-5-6-8-12(10)16-11(2)9-13(14-16)15(3)4/h5-9H,1-4H3. The van der Waals surface area contributed by atoms with Crippen LogP contribution in [0.1, 0.15) is 11.3 Å². The Morgan fingerprint density at radius 3 is 2.38 bits per heavy atom. The Kier molecular flexibility index (Phi) is 2.69. The molecule has 0 aliphatic rings. The van der Waals surface area contributed by atoms with E-state index >= 15 is 0 Å². The fourth-order valence-corrected chi connectivity index (χ4v) is 1.72. The van der Waals surface area contributed by atoms with Crippen LogP contribution in [0.4, 0.5) is 5.82 Å². The predicted molar refractivity (Wildman–Crippen MR) is 67.4 cm³/mol. The first-order valence-corrected chi connectivity index (χ1v) is 5.39. The van der Waals surface area contributed by atoms with Crippen LogP contribution < -0.4 is 4.90 Å². The van der Waals surface area contributed by atoms with E-state index in [1.54, 1.807) is 0 Å². The number of aromatic nitrogens is 2. The van der Waals surface area contributed by atoms with Gasteiger partial charge in [-0.05, 0) is 25.5 Å². The largest absolute Gasteiger partial charge is 0.361 e. The molecule has 1 aromatic carbocycles. The maximum atomic E-state index is 4.58. The Morgan fingerprint density at radius 1 is 1.12 bits per heavy atom. The second-order valence-electron chi connectivity index (χ2n) is 4.24. The molecule has 2 aromatic rings. The van der Waals surface area contributed by atoms with E-state index in [2.05, 4.69) is 37.1 Å². The maximum Gasteiger partial charge on any atom is 0.150 e. The zero-order valence-corrected chi connectivity index (χ0v) is 10.2. The minimum atomic E-state index is 0.987. The van der Waals surface area contributed by atoms with E-state index in [1.165, 1.54) is 5.56 Å². The second-order valence-corrected chi connectivity index (χ2v) is 4.24. The van der Waals surface area contributed by atoms with Crippen LogP contribution in [-0.2, 0) is 0 Å². The summed E-state index contributed by atoms with van der Waals surface area (Å²) >= 11 is 0. The first kappa shape index (κ1) is 10.7. The Hall–Kier alpha value is -1.77. The average molecular weight is 215 g/mol. The number of hydrogen-bond donors (Lipinski definition) is 0. The van der Waals surface area contributed by atoms with E-state index in [-0.39, 0.29) is 0 Å². The van der Waals surface area contributed by atoms with Crippen LogP contribution in [0.3, 0.4) is 0 Å². The van der Waals surface area contributed by atoms with Gasteiger partial charge in [-0.3, -0.25) is 0 Å². The molecule has 84 valence electrons. The molecule has 16 heavy (non-hydrogen) atoms. The lowest BCUT2D eigenvalue weighted by Crippen LogP contribution is -2.10. The summed E-state index contributed by atoms with van der Waals surface area (Å²) in [5, 5.41) is 4.58. The fourth-order valence-electron chi connectivity index (χ4n) is 1.72. The van der Waals surface area contributed by atoms with Gasteiger partial charge < -0.3 is 4.90 Å². The molecule has 2 rings (SSSR count). The highest BCUT2D eigenvalue weighted by atomic mass is 15.3. The molecule has 0 bridgehead atoms. The third kappa shape index (κ3) is 1.81. The number of hydrogen-bond acceptors (Lipinski definition) is 2. The minimum Gasteiger partial charge on any atom is -0.361 e. The summed E-state index contributed by atoms with van der Waals surface area (Å²) < 4.78 is 1.99. The van der Waals surface area contributed by atoms with Gasteiger partial charge in [0.05, 0.1) is 5.69 Å². The van der Waals surface area contributed by atoms with Gasteiger partial charge >= 0.3 is 0 Å².